The van der Waals surface area contributed by atoms with Crippen molar-refractivity contribution in [2.45, 2.75) is 43.3 Å². The molecule has 0 saturated heterocycles. The molecule has 3 nitrogen and oxygen atoms in total. The second kappa shape index (κ2) is 5.63. The number of hydrogen-bond acceptors (Lipinski definition) is 3. The van der Waals surface area contributed by atoms with Gasteiger partial charge in [0, 0.05) is 0 Å². The molecule has 1 aliphatic carbocycles. The Balaban J connectivity index is 2.40. The summed E-state index contributed by atoms with van der Waals surface area (Å²) in [4.78, 5) is 0.479. The van der Waals surface area contributed by atoms with Crippen LogP contribution in [0.4, 0.5) is 0 Å². The highest BCUT2D eigenvalue weighted by atomic mass is 32.2. The van der Waals surface area contributed by atoms with Gasteiger partial charge in [0.15, 0.2) is 9.84 Å². The highest BCUT2D eigenvalue weighted by Crippen LogP contribution is 2.36. The van der Waals surface area contributed by atoms with E-state index in [0.29, 0.717) is 17.4 Å². The van der Waals surface area contributed by atoms with Crippen LogP contribution in [0.2, 0.25) is 0 Å². The lowest BCUT2D eigenvalue weighted by Crippen LogP contribution is -2.39. The summed E-state index contributed by atoms with van der Waals surface area (Å²) in [6.45, 7) is 4.45. The Bertz CT molecular complexity index is 539. The van der Waals surface area contributed by atoms with Gasteiger partial charge in [0.1, 0.15) is 0 Å². The predicted octanol–water partition coefficient (Wildman–Crippen LogP) is 2.53. The van der Waals surface area contributed by atoms with Crippen molar-refractivity contribution in [3.05, 3.63) is 29.8 Å². The average Bonchev–Trinajstić information content (AvgIpc) is 2.39. The summed E-state index contributed by atoms with van der Waals surface area (Å²) in [6.07, 6.45) is 2.74. The molecular formula is C15H23NO2S. The number of benzene rings is 1. The average molecular weight is 281 g/mol. The Morgan fingerprint density at radius 1 is 1.26 bits per heavy atom. The zero-order valence-electron chi connectivity index (χ0n) is 11.7. The van der Waals surface area contributed by atoms with E-state index in [2.05, 4.69) is 6.92 Å². The molecule has 0 spiro atoms. The lowest BCUT2D eigenvalue weighted by Gasteiger charge is -2.34. The fraction of sp³-hybridized carbons (Fsp3) is 0.600. The second-order valence-electron chi connectivity index (χ2n) is 5.76. The quantitative estimate of drug-likeness (QED) is 0.926. The molecule has 0 amide bonds. The van der Waals surface area contributed by atoms with Crippen molar-refractivity contribution >= 4 is 9.84 Å². The Labute approximate surface area is 116 Å². The molecule has 1 saturated carbocycles. The first-order valence-electron chi connectivity index (χ1n) is 6.96. The summed E-state index contributed by atoms with van der Waals surface area (Å²) in [7, 11) is -3.27. The largest absolute Gasteiger partial charge is 0.330 e. The van der Waals surface area contributed by atoms with Gasteiger partial charge < -0.3 is 5.73 Å². The zero-order valence-corrected chi connectivity index (χ0v) is 12.5. The molecular weight excluding hydrogens is 258 g/mol. The number of hydrogen-bond donors (Lipinski definition) is 1. The van der Waals surface area contributed by atoms with E-state index in [1.807, 2.05) is 19.1 Å². The van der Waals surface area contributed by atoms with E-state index in [1.165, 1.54) is 0 Å². The highest BCUT2D eigenvalue weighted by molar-refractivity contribution is 7.92. The minimum atomic E-state index is -3.27. The van der Waals surface area contributed by atoms with Crippen molar-refractivity contribution in [2.75, 3.05) is 6.54 Å². The van der Waals surface area contributed by atoms with Gasteiger partial charge in [-0.05, 0) is 49.8 Å². The number of aryl methyl sites for hydroxylation is 1. The van der Waals surface area contributed by atoms with E-state index in [9.17, 15) is 8.42 Å². The van der Waals surface area contributed by atoms with Crippen LogP contribution < -0.4 is 5.73 Å². The second-order valence-corrected chi connectivity index (χ2v) is 7.90. The number of nitrogens with two attached hydrogens (primary N) is 1. The van der Waals surface area contributed by atoms with Crippen LogP contribution in [-0.2, 0) is 9.84 Å². The normalized spacial score (nSPS) is 28.3. The SMILES string of the molecule is Cc1ccccc1S(=O)(=O)C1CC(C)CCC1CN. The molecule has 106 valence electrons. The van der Waals surface area contributed by atoms with Crippen molar-refractivity contribution in [1.29, 1.82) is 0 Å². The van der Waals surface area contributed by atoms with Gasteiger partial charge in [-0.25, -0.2) is 8.42 Å². The van der Waals surface area contributed by atoms with E-state index < -0.39 is 9.84 Å². The molecule has 3 atom stereocenters. The molecule has 4 heteroatoms. The lowest BCUT2D eigenvalue weighted by molar-refractivity contribution is 0.296. The smallest absolute Gasteiger partial charge is 0.181 e. The molecule has 3 unspecified atom stereocenters. The van der Waals surface area contributed by atoms with E-state index in [0.717, 1.165) is 24.8 Å². The standard InChI is InChI=1S/C15H23NO2S/c1-11-7-8-13(10-16)15(9-11)19(17,18)14-6-4-3-5-12(14)2/h3-6,11,13,15H,7-10,16H2,1-2H3. The summed E-state index contributed by atoms with van der Waals surface area (Å²) in [5.41, 5.74) is 6.62. The van der Waals surface area contributed by atoms with Gasteiger partial charge in [-0.2, -0.15) is 0 Å². The summed E-state index contributed by atoms with van der Waals surface area (Å²) in [6, 6.07) is 7.25. The summed E-state index contributed by atoms with van der Waals surface area (Å²) in [5.74, 6) is 0.562. The number of rotatable bonds is 3. The van der Waals surface area contributed by atoms with Crippen LogP contribution in [0.25, 0.3) is 0 Å². The summed E-state index contributed by atoms with van der Waals surface area (Å²) >= 11 is 0. The van der Waals surface area contributed by atoms with Gasteiger partial charge >= 0.3 is 0 Å². The first-order chi connectivity index (χ1) is 8.96. The Kier molecular flexibility index (Phi) is 4.31. The fourth-order valence-electron chi connectivity index (χ4n) is 3.08. The minimum Gasteiger partial charge on any atom is -0.330 e. The van der Waals surface area contributed by atoms with Crippen LogP contribution in [-0.4, -0.2) is 20.2 Å². The van der Waals surface area contributed by atoms with Crippen molar-refractivity contribution in [3.8, 4) is 0 Å². The van der Waals surface area contributed by atoms with Crippen molar-refractivity contribution < 1.29 is 8.42 Å². The van der Waals surface area contributed by atoms with E-state index >= 15 is 0 Å². The Hall–Kier alpha value is -0.870. The third-order valence-corrected chi connectivity index (χ3v) is 6.74. The summed E-state index contributed by atoms with van der Waals surface area (Å²) in [5, 5.41) is -0.317. The van der Waals surface area contributed by atoms with Crippen LogP contribution in [0, 0.1) is 18.8 Å². The molecule has 1 aliphatic rings. The molecule has 0 aromatic heterocycles. The van der Waals surface area contributed by atoms with Gasteiger partial charge in [-0.1, -0.05) is 31.5 Å². The van der Waals surface area contributed by atoms with Crippen molar-refractivity contribution in [3.63, 3.8) is 0 Å². The van der Waals surface area contributed by atoms with E-state index in [4.69, 9.17) is 5.73 Å². The third kappa shape index (κ3) is 2.84. The third-order valence-electron chi connectivity index (χ3n) is 4.29. The van der Waals surface area contributed by atoms with E-state index in [-0.39, 0.29) is 11.2 Å². The van der Waals surface area contributed by atoms with Crippen LogP contribution >= 0.6 is 0 Å². The van der Waals surface area contributed by atoms with Crippen LogP contribution in [0.3, 0.4) is 0 Å². The van der Waals surface area contributed by atoms with Crippen molar-refractivity contribution in [2.24, 2.45) is 17.6 Å². The molecule has 0 radical (unpaired) electrons. The predicted molar refractivity (Wildman–Crippen MR) is 77.7 cm³/mol. The van der Waals surface area contributed by atoms with Gasteiger partial charge in [-0.3, -0.25) is 0 Å². The molecule has 19 heavy (non-hydrogen) atoms. The minimum absolute atomic E-state index is 0.0980. The maximum Gasteiger partial charge on any atom is 0.181 e. The molecule has 2 rings (SSSR count). The molecule has 0 heterocycles. The molecule has 2 N–H and O–H groups in total. The fourth-order valence-corrected chi connectivity index (χ4v) is 5.53. The van der Waals surface area contributed by atoms with Crippen molar-refractivity contribution in [1.82, 2.24) is 0 Å². The van der Waals surface area contributed by atoms with Gasteiger partial charge in [0.25, 0.3) is 0 Å². The molecule has 1 aromatic carbocycles. The molecule has 1 fully saturated rings. The van der Waals surface area contributed by atoms with Gasteiger partial charge in [0.2, 0.25) is 0 Å². The zero-order chi connectivity index (χ0) is 14.0. The first-order valence-corrected chi connectivity index (χ1v) is 8.51. The molecule has 1 aromatic rings. The maximum atomic E-state index is 12.9. The first kappa shape index (κ1) is 14.5. The maximum absolute atomic E-state index is 12.9. The van der Waals surface area contributed by atoms with E-state index in [1.54, 1.807) is 12.1 Å². The Morgan fingerprint density at radius 3 is 2.58 bits per heavy atom. The summed E-state index contributed by atoms with van der Waals surface area (Å²) < 4.78 is 25.7. The van der Waals surface area contributed by atoms with Gasteiger partial charge in [-0.15, -0.1) is 0 Å². The lowest BCUT2D eigenvalue weighted by atomic mass is 9.82. The Morgan fingerprint density at radius 2 is 1.95 bits per heavy atom. The molecule has 0 aliphatic heterocycles. The van der Waals surface area contributed by atoms with Crippen LogP contribution in [0.15, 0.2) is 29.2 Å². The van der Waals surface area contributed by atoms with Crippen LogP contribution in [0.1, 0.15) is 31.7 Å². The number of sulfone groups is 1. The highest BCUT2D eigenvalue weighted by Gasteiger charge is 2.38. The monoisotopic (exact) mass is 281 g/mol. The molecule has 0 bridgehead atoms. The topological polar surface area (TPSA) is 60.2 Å². The van der Waals surface area contributed by atoms with Gasteiger partial charge in [0.05, 0.1) is 10.1 Å². The van der Waals surface area contributed by atoms with Crippen LogP contribution in [0.5, 0.6) is 0 Å².